The first-order valence-corrected chi connectivity index (χ1v) is 20.3. The number of urea groups is 1. The van der Waals surface area contributed by atoms with E-state index in [2.05, 4.69) is 29.8 Å². The average molecular weight is 860 g/mol. The Morgan fingerprint density at radius 2 is 1.67 bits per heavy atom. The summed E-state index contributed by atoms with van der Waals surface area (Å²) in [5.74, 6) is -8.30. The average Bonchev–Trinajstić information content (AvgIpc) is 3.59. The largest absolute Gasteiger partial charge is 0.495 e. The van der Waals surface area contributed by atoms with Crippen LogP contribution < -0.4 is 30.2 Å². The van der Waals surface area contributed by atoms with E-state index in [4.69, 9.17) is 35.1 Å². The number of methoxy groups -OCH3 is 3. The van der Waals surface area contributed by atoms with Crippen molar-refractivity contribution in [3.63, 3.8) is 0 Å². The van der Waals surface area contributed by atoms with Gasteiger partial charge in [-0.1, -0.05) is 31.5 Å². The summed E-state index contributed by atoms with van der Waals surface area (Å²) in [7, 11) is 2.40. The van der Waals surface area contributed by atoms with E-state index >= 15 is 4.39 Å². The molecule has 4 N–H and O–H groups in total. The van der Waals surface area contributed by atoms with Crippen molar-refractivity contribution in [3.8, 4) is 17.2 Å². The summed E-state index contributed by atoms with van der Waals surface area (Å²) in [6, 6.07) is -0.0282. The van der Waals surface area contributed by atoms with E-state index in [0.717, 1.165) is 18.6 Å². The molecule has 3 aliphatic heterocycles. The highest BCUT2D eigenvalue weighted by Gasteiger charge is 2.68. The van der Waals surface area contributed by atoms with Crippen molar-refractivity contribution in [2.45, 2.75) is 82.6 Å². The van der Waals surface area contributed by atoms with Gasteiger partial charge in [-0.05, 0) is 87.1 Å². The number of nitrogens with one attached hydrogen (secondary N) is 3. The standard InChI is InChI=1S/C40H49BClF2N5O11/c1-39(2)20-16-25(39)40(3)26(17-20)59-41(60-40)27(15-19-7-8-23(43)28(37(53)54)31(19)56-4)46-34(50)30(22-18-24(44)32(57-5)33(58-6)29(22)42)47-38(55)49-14-13-48(35(51)36(49)52)21-9-11-45-12-10-21/h7-8,18,20-21,25-27,30,45H,9-17H2,1-6H3,(H,46,50)(H,47,55)(H,53,54)/t20-,25-,26+,27?,30?,40-/m0/s1. The van der Waals surface area contributed by atoms with Gasteiger partial charge < -0.3 is 49.5 Å². The van der Waals surface area contributed by atoms with E-state index in [0.29, 0.717) is 43.2 Å². The summed E-state index contributed by atoms with van der Waals surface area (Å²) >= 11 is 6.77. The number of hydrogen-bond acceptors (Lipinski definition) is 11. The van der Waals surface area contributed by atoms with E-state index < -0.39 is 71.6 Å². The minimum Gasteiger partial charge on any atom is -0.495 e. The fraction of sp³-hybridized carbons (Fsp3) is 0.575. The molecule has 3 heterocycles. The molecule has 3 aliphatic carbocycles. The smallest absolute Gasteiger partial charge is 0.482 e. The third-order valence-electron chi connectivity index (χ3n) is 13.3. The van der Waals surface area contributed by atoms with Crippen molar-refractivity contribution in [3.05, 3.63) is 51.5 Å². The summed E-state index contributed by atoms with van der Waals surface area (Å²) in [6.45, 7) is 7.49. The van der Waals surface area contributed by atoms with Crippen LogP contribution in [0.5, 0.6) is 17.2 Å². The highest BCUT2D eigenvalue weighted by molar-refractivity contribution is 6.48. The molecule has 8 rings (SSSR count). The predicted molar refractivity (Wildman–Crippen MR) is 211 cm³/mol. The maximum Gasteiger partial charge on any atom is 0.482 e. The van der Waals surface area contributed by atoms with Crippen LogP contribution in [0.1, 0.15) is 74.0 Å². The second kappa shape index (κ2) is 16.6. The Hall–Kier alpha value is -4.72. The molecule has 20 heteroatoms. The number of imide groups is 1. The van der Waals surface area contributed by atoms with Crippen LogP contribution >= 0.6 is 11.6 Å². The monoisotopic (exact) mass is 859 g/mol. The summed E-state index contributed by atoms with van der Waals surface area (Å²) in [4.78, 5) is 70.0. The van der Waals surface area contributed by atoms with Gasteiger partial charge >= 0.3 is 30.9 Å². The summed E-state index contributed by atoms with van der Waals surface area (Å²) < 4.78 is 59.8. The molecule has 2 unspecified atom stereocenters. The molecule has 324 valence electrons. The van der Waals surface area contributed by atoms with Crippen LogP contribution in [0.15, 0.2) is 18.2 Å². The molecular weight excluding hydrogens is 811 g/mol. The first kappa shape index (κ1) is 43.4. The first-order chi connectivity index (χ1) is 28.5. The molecule has 6 aliphatic rings. The van der Waals surface area contributed by atoms with Gasteiger partial charge in [-0.25, -0.2) is 18.4 Å². The normalized spacial score (nSPS) is 25.8. The van der Waals surface area contributed by atoms with Gasteiger partial charge in [0.05, 0.1) is 44.0 Å². The Bertz CT molecular complexity index is 2090. The lowest BCUT2D eigenvalue weighted by atomic mass is 9.43. The van der Waals surface area contributed by atoms with Gasteiger partial charge in [0, 0.05) is 24.7 Å². The van der Waals surface area contributed by atoms with Crippen LogP contribution in [0.4, 0.5) is 13.6 Å². The van der Waals surface area contributed by atoms with Crippen molar-refractivity contribution >= 4 is 48.4 Å². The second-order valence-corrected chi connectivity index (χ2v) is 17.1. The van der Waals surface area contributed by atoms with Gasteiger partial charge in [0.15, 0.2) is 17.3 Å². The zero-order valence-electron chi connectivity index (χ0n) is 34.2. The van der Waals surface area contributed by atoms with Gasteiger partial charge in [-0.2, -0.15) is 0 Å². The lowest BCUT2D eigenvalue weighted by Gasteiger charge is -2.64. The minimum atomic E-state index is -1.86. The van der Waals surface area contributed by atoms with Crippen molar-refractivity contribution < 1.29 is 61.4 Å². The topological polar surface area (TPSA) is 194 Å². The lowest BCUT2D eigenvalue weighted by Crippen LogP contribution is -2.65. The Morgan fingerprint density at radius 1 is 0.983 bits per heavy atom. The fourth-order valence-corrected chi connectivity index (χ4v) is 10.3. The molecule has 2 aromatic rings. The van der Waals surface area contributed by atoms with E-state index in [1.807, 2.05) is 6.92 Å². The maximum absolute atomic E-state index is 15.7. The van der Waals surface area contributed by atoms with Gasteiger partial charge in [0.2, 0.25) is 5.91 Å². The molecule has 6 atom stereocenters. The van der Waals surface area contributed by atoms with Crippen molar-refractivity contribution in [1.29, 1.82) is 0 Å². The number of piperidine rings is 1. The molecule has 60 heavy (non-hydrogen) atoms. The Labute approximate surface area is 351 Å². The molecule has 3 saturated heterocycles. The number of rotatable bonds is 12. The number of carbonyl (C=O) groups excluding carboxylic acids is 4. The van der Waals surface area contributed by atoms with Gasteiger partial charge in [-0.15, -0.1) is 0 Å². The molecule has 6 fully saturated rings. The SMILES string of the molecule is COc1c(F)cc(C(NC(=O)N2CCN(C3CCNCC3)C(=O)C2=O)C(=O)NC(Cc2ccc(F)c(C(=O)O)c2OC)B2O[C@@H]3C[C@@H]4C[C@@H](C4(C)C)[C@]3(C)O2)c(Cl)c1OC. The molecular formula is C40H49BClF2N5O11. The lowest BCUT2D eigenvalue weighted by molar-refractivity contribution is -0.199. The number of nitrogens with zero attached hydrogens (tertiary/aromatic N) is 2. The number of amides is 5. The number of benzene rings is 2. The number of carbonyl (C=O) groups is 5. The Morgan fingerprint density at radius 3 is 2.30 bits per heavy atom. The molecule has 3 saturated carbocycles. The highest BCUT2D eigenvalue weighted by atomic mass is 35.5. The van der Waals surface area contributed by atoms with Crippen LogP contribution in [0.2, 0.25) is 5.02 Å². The number of ether oxygens (including phenoxy) is 3. The third-order valence-corrected chi connectivity index (χ3v) is 13.7. The van der Waals surface area contributed by atoms with E-state index in [9.17, 15) is 33.5 Å². The molecule has 5 amide bonds. The molecule has 16 nitrogen and oxygen atoms in total. The molecule has 0 spiro atoms. The van der Waals surface area contributed by atoms with Gasteiger partial charge in [0.25, 0.3) is 0 Å². The number of piperazine rings is 1. The maximum atomic E-state index is 15.7. The summed E-state index contributed by atoms with van der Waals surface area (Å²) in [5, 5.41) is 18.1. The number of halogens is 3. The van der Waals surface area contributed by atoms with Gasteiger partial charge in [0.1, 0.15) is 23.2 Å². The van der Waals surface area contributed by atoms with Gasteiger partial charge in [-0.3, -0.25) is 19.3 Å². The van der Waals surface area contributed by atoms with Crippen LogP contribution in [0.3, 0.4) is 0 Å². The molecule has 0 radical (unpaired) electrons. The predicted octanol–water partition coefficient (Wildman–Crippen LogP) is 3.51. The highest BCUT2D eigenvalue weighted by Crippen LogP contribution is 2.65. The van der Waals surface area contributed by atoms with E-state index in [-0.39, 0.29) is 76.4 Å². The quantitative estimate of drug-likeness (QED) is 0.180. The number of carboxylic acids is 1. The van der Waals surface area contributed by atoms with Crippen molar-refractivity contribution in [1.82, 2.24) is 25.8 Å². The zero-order chi connectivity index (χ0) is 43.4. The zero-order valence-corrected chi connectivity index (χ0v) is 35.0. The Kier molecular flexibility index (Phi) is 12.0. The van der Waals surface area contributed by atoms with Crippen LogP contribution in [0.25, 0.3) is 0 Å². The summed E-state index contributed by atoms with van der Waals surface area (Å²) in [5.41, 5.74) is -1.69. The van der Waals surface area contributed by atoms with E-state index in [1.165, 1.54) is 32.3 Å². The van der Waals surface area contributed by atoms with Crippen LogP contribution in [-0.2, 0) is 30.1 Å². The van der Waals surface area contributed by atoms with Crippen molar-refractivity contribution in [2.75, 3.05) is 47.5 Å². The van der Waals surface area contributed by atoms with E-state index in [1.54, 1.807) is 0 Å². The third kappa shape index (κ3) is 7.40. The molecule has 0 aromatic heterocycles. The van der Waals surface area contributed by atoms with Crippen molar-refractivity contribution in [2.24, 2.45) is 17.3 Å². The van der Waals surface area contributed by atoms with Crippen LogP contribution in [-0.4, -0.2) is 123 Å². The fourth-order valence-electron chi connectivity index (χ4n) is 9.97. The second-order valence-electron chi connectivity index (χ2n) is 16.7. The molecule has 2 bridgehead atoms. The number of carboxylic acid groups (broad SMARTS) is 1. The Balaban J connectivity index is 1.24. The minimum absolute atomic E-state index is 0.0552. The number of aromatic carboxylic acids is 1. The molecule has 2 aromatic carbocycles. The number of hydrogen-bond donors (Lipinski definition) is 4. The van der Waals surface area contributed by atoms with Crippen LogP contribution in [0, 0.1) is 28.9 Å². The summed E-state index contributed by atoms with van der Waals surface area (Å²) in [6.07, 6.45) is 2.24. The first-order valence-electron chi connectivity index (χ1n) is 19.9.